The molecule has 0 fully saturated rings. The summed E-state index contributed by atoms with van der Waals surface area (Å²) in [6, 6.07) is 8.42. The fourth-order valence-corrected chi connectivity index (χ4v) is 2.56. The molecule has 0 spiro atoms. The van der Waals surface area contributed by atoms with Crippen LogP contribution < -0.4 is 0 Å². The summed E-state index contributed by atoms with van der Waals surface area (Å²) in [5, 5.41) is 1.28. The van der Waals surface area contributed by atoms with E-state index in [1.807, 2.05) is 12.2 Å². The van der Waals surface area contributed by atoms with Gasteiger partial charge in [0.25, 0.3) is 0 Å². The molecule has 1 aromatic carbocycles. The summed E-state index contributed by atoms with van der Waals surface area (Å²) < 4.78 is 0. The summed E-state index contributed by atoms with van der Waals surface area (Å²) in [6.45, 7) is 0. The third-order valence-electron chi connectivity index (χ3n) is 3.41. The highest BCUT2D eigenvalue weighted by molar-refractivity contribution is 5.96. The first-order chi connectivity index (χ1) is 8.93. The lowest BCUT2D eigenvalue weighted by molar-refractivity contribution is 0.720. The molecule has 1 aromatic heterocycles. The number of H-pyrrole nitrogens is 1. The first-order valence-electron chi connectivity index (χ1n) is 6.06. The van der Waals surface area contributed by atoms with E-state index < -0.39 is 0 Å². The van der Waals surface area contributed by atoms with Crippen LogP contribution in [0.4, 0.5) is 0 Å². The van der Waals surface area contributed by atoms with Crippen LogP contribution in [0.1, 0.15) is 11.3 Å². The van der Waals surface area contributed by atoms with Crippen molar-refractivity contribution in [1.82, 2.24) is 9.88 Å². The Morgan fingerprint density at radius 1 is 0.944 bits per heavy atom. The van der Waals surface area contributed by atoms with Gasteiger partial charge in [-0.15, -0.1) is 0 Å². The first-order valence-corrected chi connectivity index (χ1v) is 6.06. The zero-order valence-electron chi connectivity index (χ0n) is 9.80. The lowest BCUT2D eigenvalue weighted by atomic mass is 10.1. The summed E-state index contributed by atoms with van der Waals surface area (Å²) >= 11 is 0. The molecule has 0 unspecified atom stereocenters. The van der Waals surface area contributed by atoms with Gasteiger partial charge in [0.15, 0.2) is 0 Å². The summed E-state index contributed by atoms with van der Waals surface area (Å²) in [4.78, 5) is 5.65. The molecular formula is C16H12N2. The van der Waals surface area contributed by atoms with E-state index in [9.17, 15) is 0 Å². The van der Waals surface area contributed by atoms with Crippen molar-refractivity contribution in [2.24, 2.45) is 0 Å². The van der Waals surface area contributed by atoms with E-state index in [-0.39, 0.29) is 0 Å². The zero-order chi connectivity index (χ0) is 11.9. The van der Waals surface area contributed by atoms with E-state index in [2.05, 4.69) is 64.8 Å². The smallest absolute Gasteiger partial charge is 0.0710 e. The Kier molecular flexibility index (Phi) is 1.86. The van der Waals surface area contributed by atoms with Crippen molar-refractivity contribution in [2.75, 3.05) is 0 Å². The van der Waals surface area contributed by atoms with Gasteiger partial charge in [-0.3, -0.25) is 0 Å². The monoisotopic (exact) mass is 232 g/mol. The van der Waals surface area contributed by atoms with Crippen molar-refractivity contribution in [1.29, 1.82) is 0 Å². The van der Waals surface area contributed by atoms with E-state index in [0.29, 0.717) is 0 Å². The Bertz CT molecular complexity index is 742. The topological polar surface area (TPSA) is 19.0 Å². The molecule has 0 saturated heterocycles. The number of rotatable bonds is 0. The number of aromatic nitrogens is 1. The standard InChI is InChI=1S/C16H12N2/c1-2-8-15-16-13(9-11-18(15)10-5-1)12-6-3-4-7-14(12)17-16/h1-11,17H. The van der Waals surface area contributed by atoms with Crippen LogP contribution in [-0.2, 0) is 0 Å². The molecule has 0 radical (unpaired) electrons. The van der Waals surface area contributed by atoms with Crippen molar-refractivity contribution in [3.8, 4) is 0 Å². The number of fused-ring (bicyclic) bond motifs is 5. The van der Waals surface area contributed by atoms with Crippen LogP contribution in [0.25, 0.3) is 22.7 Å². The van der Waals surface area contributed by atoms with E-state index in [4.69, 9.17) is 0 Å². The Morgan fingerprint density at radius 3 is 2.89 bits per heavy atom. The lowest BCUT2D eigenvalue weighted by Crippen LogP contribution is -2.11. The van der Waals surface area contributed by atoms with Crippen molar-refractivity contribution in [3.05, 3.63) is 72.2 Å². The summed E-state index contributed by atoms with van der Waals surface area (Å²) in [5.41, 5.74) is 4.84. The predicted octanol–water partition coefficient (Wildman–Crippen LogP) is 3.88. The van der Waals surface area contributed by atoms with Gasteiger partial charge in [-0.1, -0.05) is 30.4 Å². The molecule has 0 atom stereocenters. The third kappa shape index (κ3) is 1.23. The van der Waals surface area contributed by atoms with Crippen molar-refractivity contribution < 1.29 is 0 Å². The largest absolute Gasteiger partial charge is 0.353 e. The molecule has 0 saturated carbocycles. The minimum absolute atomic E-state index is 1.19. The van der Waals surface area contributed by atoms with Gasteiger partial charge in [-0.2, -0.15) is 0 Å². The molecule has 4 rings (SSSR count). The van der Waals surface area contributed by atoms with Gasteiger partial charge in [-0.25, -0.2) is 0 Å². The second-order valence-corrected chi connectivity index (χ2v) is 4.46. The molecule has 1 N–H and O–H groups in total. The number of hydrogen-bond acceptors (Lipinski definition) is 1. The SMILES string of the molecule is C1=CC=C2c3[nH]c4ccccc4c3C=CN2C=C1. The molecule has 0 amide bonds. The van der Waals surface area contributed by atoms with Gasteiger partial charge < -0.3 is 9.88 Å². The molecular weight excluding hydrogens is 220 g/mol. The average molecular weight is 232 g/mol. The van der Waals surface area contributed by atoms with E-state index in [1.54, 1.807) is 0 Å². The number of hydrogen-bond donors (Lipinski definition) is 1. The fourth-order valence-electron chi connectivity index (χ4n) is 2.56. The van der Waals surface area contributed by atoms with Gasteiger partial charge >= 0.3 is 0 Å². The van der Waals surface area contributed by atoms with Gasteiger partial charge in [-0.05, 0) is 24.3 Å². The van der Waals surface area contributed by atoms with Gasteiger partial charge in [0, 0.05) is 28.9 Å². The van der Waals surface area contributed by atoms with E-state index in [0.717, 1.165) is 0 Å². The minimum Gasteiger partial charge on any atom is -0.353 e. The molecule has 3 heterocycles. The summed E-state index contributed by atoms with van der Waals surface area (Å²) in [6.07, 6.45) is 14.6. The number of para-hydroxylation sites is 1. The summed E-state index contributed by atoms with van der Waals surface area (Å²) in [7, 11) is 0. The van der Waals surface area contributed by atoms with Crippen LogP contribution >= 0.6 is 0 Å². The third-order valence-corrected chi connectivity index (χ3v) is 3.41. The van der Waals surface area contributed by atoms with Gasteiger partial charge in [0.05, 0.1) is 11.4 Å². The molecule has 2 nitrogen and oxygen atoms in total. The van der Waals surface area contributed by atoms with Crippen molar-refractivity contribution in [2.45, 2.75) is 0 Å². The highest BCUT2D eigenvalue weighted by Gasteiger charge is 2.19. The lowest BCUT2D eigenvalue weighted by Gasteiger charge is -2.22. The molecule has 2 heteroatoms. The first kappa shape index (κ1) is 9.54. The van der Waals surface area contributed by atoms with Crippen molar-refractivity contribution in [3.63, 3.8) is 0 Å². The highest BCUT2D eigenvalue weighted by atomic mass is 15.1. The maximum atomic E-state index is 3.51. The van der Waals surface area contributed by atoms with Crippen LogP contribution in [0.5, 0.6) is 0 Å². The number of allylic oxidation sites excluding steroid dienone is 4. The van der Waals surface area contributed by atoms with Crippen LogP contribution in [0.2, 0.25) is 0 Å². The average Bonchev–Trinajstić information content (AvgIpc) is 2.62. The van der Waals surface area contributed by atoms with Crippen LogP contribution in [0, 0.1) is 0 Å². The van der Waals surface area contributed by atoms with Crippen LogP contribution in [-0.4, -0.2) is 9.88 Å². The molecule has 86 valence electrons. The predicted molar refractivity (Wildman–Crippen MR) is 75.4 cm³/mol. The Hall–Kier alpha value is -2.48. The second-order valence-electron chi connectivity index (χ2n) is 4.46. The summed E-state index contributed by atoms with van der Waals surface area (Å²) in [5.74, 6) is 0. The van der Waals surface area contributed by atoms with E-state index in [1.165, 1.54) is 27.9 Å². The van der Waals surface area contributed by atoms with Gasteiger partial charge in [0.1, 0.15) is 0 Å². The Labute approximate surface area is 105 Å². The molecule has 2 aliphatic rings. The molecule has 18 heavy (non-hydrogen) atoms. The molecule has 0 aliphatic carbocycles. The molecule has 2 aromatic rings. The highest BCUT2D eigenvalue weighted by Crippen LogP contribution is 2.34. The minimum atomic E-state index is 1.19. The maximum Gasteiger partial charge on any atom is 0.0710 e. The number of benzene rings is 1. The maximum absolute atomic E-state index is 3.51. The number of aromatic amines is 1. The molecule has 2 aliphatic heterocycles. The van der Waals surface area contributed by atoms with Crippen LogP contribution in [0.15, 0.2) is 61.0 Å². The van der Waals surface area contributed by atoms with E-state index >= 15 is 0 Å². The second kappa shape index (κ2) is 3.50. The van der Waals surface area contributed by atoms with Gasteiger partial charge in [0.2, 0.25) is 0 Å². The zero-order valence-corrected chi connectivity index (χ0v) is 9.80. The fraction of sp³-hybridized carbons (Fsp3) is 0. The Morgan fingerprint density at radius 2 is 1.89 bits per heavy atom. The quantitative estimate of drug-likeness (QED) is 0.730. The normalized spacial score (nSPS) is 16.4. The molecule has 0 bridgehead atoms. The number of nitrogens with zero attached hydrogens (tertiary/aromatic N) is 1. The Balaban J connectivity index is 2.04. The van der Waals surface area contributed by atoms with Crippen molar-refractivity contribution >= 4 is 22.7 Å². The number of nitrogens with one attached hydrogen (secondary N) is 1. The van der Waals surface area contributed by atoms with Crippen LogP contribution in [0.3, 0.4) is 0 Å².